The molecule has 3 aromatic carbocycles. The van der Waals surface area contributed by atoms with Crippen LogP contribution in [-0.2, 0) is 45.0 Å². The standard InChI is InChI=1S/C34H35FN2O6/c1-3-43-34(41)24-10-9-23(25(15-24)21-37-11-13-42-14-12-37)16-30(38)32-31(39)19-27-28(33(32)40)17-26(35)18-29(27)36(2)20-22-7-5-4-6-8-22/h4-10,15,17-18,40H,3,11-14,16,19-21H2,1-2H3. The molecule has 0 aromatic heterocycles. The molecule has 43 heavy (non-hydrogen) atoms. The van der Waals surface area contributed by atoms with Crippen LogP contribution in [0, 0.1) is 5.82 Å². The van der Waals surface area contributed by atoms with E-state index in [-0.39, 0.29) is 30.6 Å². The molecule has 0 saturated carbocycles. The molecule has 0 bridgehead atoms. The normalized spacial score (nSPS) is 15.3. The summed E-state index contributed by atoms with van der Waals surface area (Å²) in [6.45, 7) is 5.47. The van der Waals surface area contributed by atoms with Crippen LogP contribution >= 0.6 is 0 Å². The number of rotatable bonds is 10. The fourth-order valence-electron chi connectivity index (χ4n) is 5.65. The lowest BCUT2D eigenvalue weighted by Gasteiger charge is -2.28. The highest BCUT2D eigenvalue weighted by atomic mass is 19.1. The van der Waals surface area contributed by atoms with Gasteiger partial charge in [-0.05, 0) is 53.4 Å². The monoisotopic (exact) mass is 586 g/mol. The summed E-state index contributed by atoms with van der Waals surface area (Å²) in [6.07, 6.45) is -0.309. The molecular weight excluding hydrogens is 551 g/mol. The molecule has 1 aliphatic carbocycles. The Bertz CT molecular complexity index is 1560. The minimum atomic E-state index is -0.580. The topological polar surface area (TPSA) is 96.4 Å². The highest BCUT2D eigenvalue weighted by Crippen LogP contribution is 2.36. The van der Waals surface area contributed by atoms with Crippen molar-refractivity contribution in [3.63, 3.8) is 0 Å². The third-order valence-corrected chi connectivity index (χ3v) is 7.82. The number of nitrogens with zero attached hydrogens (tertiary/aromatic N) is 2. The number of hydrogen-bond acceptors (Lipinski definition) is 8. The van der Waals surface area contributed by atoms with Gasteiger partial charge in [0.2, 0.25) is 0 Å². The Morgan fingerprint density at radius 3 is 2.51 bits per heavy atom. The third kappa shape index (κ3) is 6.84. The molecule has 0 unspecified atom stereocenters. The van der Waals surface area contributed by atoms with Crippen LogP contribution < -0.4 is 4.90 Å². The van der Waals surface area contributed by atoms with Crippen LogP contribution in [0.2, 0.25) is 0 Å². The molecule has 1 fully saturated rings. The van der Waals surface area contributed by atoms with Gasteiger partial charge in [0.05, 0.1) is 25.4 Å². The first kappa shape index (κ1) is 30.1. The summed E-state index contributed by atoms with van der Waals surface area (Å²) in [7, 11) is 1.80. The average molecular weight is 587 g/mol. The van der Waals surface area contributed by atoms with Crippen LogP contribution in [0.5, 0.6) is 0 Å². The lowest BCUT2D eigenvalue weighted by Crippen LogP contribution is -2.36. The molecule has 1 N–H and O–H groups in total. The molecule has 5 rings (SSSR count). The highest BCUT2D eigenvalue weighted by Gasteiger charge is 2.33. The van der Waals surface area contributed by atoms with Gasteiger partial charge in [0.15, 0.2) is 11.6 Å². The van der Waals surface area contributed by atoms with Gasteiger partial charge in [0.1, 0.15) is 17.1 Å². The maximum absolute atomic E-state index is 14.9. The number of ketones is 2. The Hall–Kier alpha value is -4.34. The Kier molecular flexibility index (Phi) is 9.33. The van der Waals surface area contributed by atoms with E-state index in [2.05, 4.69) is 4.90 Å². The molecule has 1 aliphatic heterocycles. The number of Topliss-reactive ketones (excluding diaryl/α,β-unsaturated/α-hetero) is 2. The van der Waals surface area contributed by atoms with Crippen LogP contribution in [-0.4, -0.2) is 67.5 Å². The number of esters is 1. The van der Waals surface area contributed by atoms with E-state index in [4.69, 9.17) is 9.47 Å². The van der Waals surface area contributed by atoms with Gasteiger partial charge < -0.3 is 19.5 Å². The first-order chi connectivity index (χ1) is 20.7. The smallest absolute Gasteiger partial charge is 0.338 e. The van der Waals surface area contributed by atoms with Crippen molar-refractivity contribution in [1.29, 1.82) is 0 Å². The molecule has 9 heteroatoms. The first-order valence-electron chi connectivity index (χ1n) is 14.4. The molecule has 224 valence electrons. The second-order valence-electron chi connectivity index (χ2n) is 10.8. The van der Waals surface area contributed by atoms with Gasteiger partial charge in [0, 0.05) is 57.3 Å². The lowest BCUT2D eigenvalue weighted by molar-refractivity contribution is -0.121. The van der Waals surface area contributed by atoms with E-state index < -0.39 is 29.1 Å². The van der Waals surface area contributed by atoms with Crippen molar-refractivity contribution in [3.05, 3.63) is 105 Å². The van der Waals surface area contributed by atoms with Crippen LogP contribution in [0.25, 0.3) is 5.76 Å². The van der Waals surface area contributed by atoms with Crippen molar-refractivity contribution in [1.82, 2.24) is 4.90 Å². The van der Waals surface area contributed by atoms with Crippen molar-refractivity contribution in [3.8, 4) is 0 Å². The van der Waals surface area contributed by atoms with Crippen LogP contribution in [0.3, 0.4) is 0 Å². The molecule has 0 atom stereocenters. The van der Waals surface area contributed by atoms with Gasteiger partial charge in [-0.25, -0.2) is 9.18 Å². The van der Waals surface area contributed by atoms with E-state index >= 15 is 0 Å². The van der Waals surface area contributed by atoms with E-state index in [0.29, 0.717) is 61.8 Å². The van der Waals surface area contributed by atoms with Crippen molar-refractivity contribution < 1.29 is 33.4 Å². The van der Waals surface area contributed by atoms with E-state index in [9.17, 15) is 23.9 Å². The zero-order valence-electron chi connectivity index (χ0n) is 24.4. The molecule has 0 amide bonds. The van der Waals surface area contributed by atoms with Crippen molar-refractivity contribution in [2.45, 2.75) is 32.9 Å². The highest BCUT2D eigenvalue weighted by molar-refractivity contribution is 6.27. The second-order valence-corrected chi connectivity index (χ2v) is 10.8. The van der Waals surface area contributed by atoms with Crippen molar-refractivity contribution in [2.75, 3.05) is 44.9 Å². The summed E-state index contributed by atoms with van der Waals surface area (Å²) in [4.78, 5) is 43.5. The molecule has 3 aromatic rings. The van der Waals surface area contributed by atoms with Gasteiger partial charge in [-0.3, -0.25) is 14.5 Å². The number of allylic oxidation sites excluding steroid dienone is 1. The van der Waals surface area contributed by atoms with Crippen molar-refractivity contribution in [2.24, 2.45) is 0 Å². The van der Waals surface area contributed by atoms with E-state index in [1.165, 1.54) is 12.1 Å². The zero-order valence-corrected chi connectivity index (χ0v) is 24.4. The number of carbonyl (C=O) groups is 3. The molecular formula is C34H35FN2O6. The lowest BCUT2D eigenvalue weighted by atomic mass is 9.84. The zero-order chi connectivity index (χ0) is 30.5. The predicted octanol–water partition coefficient (Wildman–Crippen LogP) is 4.68. The summed E-state index contributed by atoms with van der Waals surface area (Å²) < 4.78 is 25.5. The SMILES string of the molecule is CCOC(=O)c1ccc(CC(=O)C2=C(O)c3cc(F)cc(N(C)Cc4ccccc4)c3CC2=O)c(CN2CCOCC2)c1. The van der Waals surface area contributed by atoms with Gasteiger partial charge in [-0.1, -0.05) is 36.4 Å². The number of aliphatic hydroxyl groups is 1. The fourth-order valence-corrected chi connectivity index (χ4v) is 5.65. The minimum absolute atomic E-state index is 0.141. The van der Waals surface area contributed by atoms with Gasteiger partial charge >= 0.3 is 5.97 Å². The molecule has 1 saturated heterocycles. The summed E-state index contributed by atoms with van der Waals surface area (Å²) in [6, 6.07) is 17.2. The molecule has 1 heterocycles. The number of morpholine rings is 1. The molecule has 0 spiro atoms. The number of aliphatic hydroxyl groups excluding tert-OH is 1. The number of ether oxygens (including phenoxy) is 2. The molecule has 2 aliphatic rings. The maximum atomic E-state index is 14.9. The third-order valence-electron chi connectivity index (χ3n) is 7.82. The fraction of sp³-hybridized carbons (Fsp3) is 0.324. The number of carbonyl (C=O) groups excluding carboxylic acids is 3. The second kappa shape index (κ2) is 13.3. The Balaban J connectivity index is 1.45. The van der Waals surface area contributed by atoms with Gasteiger partial charge in [0.25, 0.3) is 0 Å². The van der Waals surface area contributed by atoms with E-state index in [0.717, 1.165) is 11.1 Å². The minimum Gasteiger partial charge on any atom is -0.506 e. The average Bonchev–Trinajstić information content (AvgIpc) is 2.99. The summed E-state index contributed by atoms with van der Waals surface area (Å²) in [5.74, 6) is -2.64. The van der Waals surface area contributed by atoms with Crippen LogP contribution in [0.1, 0.15) is 45.1 Å². The summed E-state index contributed by atoms with van der Waals surface area (Å²) in [5.41, 5.74) is 3.52. The number of fused-ring (bicyclic) bond motifs is 1. The molecule has 0 radical (unpaired) electrons. The van der Waals surface area contributed by atoms with Crippen LogP contribution in [0.15, 0.2) is 66.2 Å². The quantitative estimate of drug-likeness (QED) is 0.270. The Morgan fingerprint density at radius 2 is 1.79 bits per heavy atom. The van der Waals surface area contributed by atoms with Gasteiger partial charge in [-0.2, -0.15) is 0 Å². The largest absolute Gasteiger partial charge is 0.506 e. The molecule has 8 nitrogen and oxygen atoms in total. The van der Waals surface area contributed by atoms with E-state index in [1.807, 2.05) is 35.2 Å². The summed E-state index contributed by atoms with van der Waals surface area (Å²) in [5, 5.41) is 11.2. The first-order valence-corrected chi connectivity index (χ1v) is 14.4. The van der Waals surface area contributed by atoms with Crippen molar-refractivity contribution >= 4 is 29.0 Å². The number of halogens is 1. The predicted molar refractivity (Wildman–Crippen MR) is 160 cm³/mol. The van der Waals surface area contributed by atoms with E-state index in [1.54, 1.807) is 32.2 Å². The van der Waals surface area contributed by atoms with Crippen LogP contribution in [0.4, 0.5) is 10.1 Å². The van der Waals surface area contributed by atoms with Gasteiger partial charge in [-0.15, -0.1) is 0 Å². The Labute approximate surface area is 250 Å². The summed E-state index contributed by atoms with van der Waals surface area (Å²) >= 11 is 0. The Morgan fingerprint density at radius 1 is 1.05 bits per heavy atom. The maximum Gasteiger partial charge on any atom is 0.338 e. The number of hydrogen-bond donors (Lipinski definition) is 1. The number of anilines is 1. The number of benzene rings is 3.